The van der Waals surface area contributed by atoms with Crippen molar-refractivity contribution in [3.8, 4) is 12.0 Å². The molecule has 0 aromatic carbocycles. The third-order valence-electron chi connectivity index (χ3n) is 5.50. The number of hydrogen-bond donors (Lipinski definition) is 2. The van der Waals surface area contributed by atoms with Gasteiger partial charge in [-0.1, -0.05) is 96.9 Å². The first kappa shape index (κ1) is 32.0. The third-order valence-corrected chi connectivity index (χ3v) is 9.44. The summed E-state index contributed by atoms with van der Waals surface area (Å²) in [4.78, 5) is 0. The Morgan fingerprint density at radius 3 is 1.79 bits per heavy atom. The van der Waals surface area contributed by atoms with E-state index in [0.717, 1.165) is 25.8 Å². The average molecular weight is 492 g/mol. The van der Waals surface area contributed by atoms with Crippen LogP contribution in [-0.2, 0) is 0 Å². The number of allylic oxidation sites excluding steroid dienone is 4. The van der Waals surface area contributed by atoms with Gasteiger partial charge in [-0.05, 0) is 73.3 Å². The monoisotopic (exact) mass is 491 g/mol. The SMILES string of the molecule is CC=CC(C=CC)(CNC)CC(C)(C)SSC(C=CC)(C=CC)CC(C)(C)CC(C)C#CO. The van der Waals surface area contributed by atoms with Crippen molar-refractivity contribution >= 4 is 21.6 Å². The third kappa shape index (κ3) is 12.3. The van der Waals surface area contributed by atoms with Crippen LogP contribution in [0.25, 0.3) is 0 Å². The van der Waals surface area contributed by atoms with E-state index < -0.39 is 0 Å². The molecule has 0 aliphatic heterocycles. The van der Waals surface area contributed by atoms with Crippen molar-refractivity contribution in [3.05, 3.63) is 48.6 Å². The van der Waals surface area contributed by atoms with Gasteiger partial charge >= 0.3 is 0 Å². The van der Waals surface area contributed by atoms with Gasteiger partial charge in [0.05, 0.1) is 4.75 Å². The minimum atomic E-state index is -0.103. The molecule has 4 heteroatoms. The number of hydrogen-bond acceptors (Lipinski definition) is 4. The van der Waals surface area contributed by atoms with Crippen LogP contribution in [0.3, 0.4) is 0 Å². The molecule has 0 amide bonds. The topological polar surface area (TPSA) is 32.3 Å². The smallest absolute Gasteiger partial charge is 0.107 e. The molecule has 1 unspecified atom stereocenters. The highest BCUT2D eigenvalue weighted by molar-refractivity contribution is 8.77. The Hall–Kier alpha value is -1.02. The van der Waals surface area contributed by atoms with E-state index in [9.17, 15) is 0 Å². The minimum absolute atomic E-state index is 0.00315. The van der Waals surface area contributed by atoms with E-state index in [1.807, 2.05) is 28.6 Å². The quantitative estimate of drug-likeness (QED) is 0.136. The maximum atomic E-state index is 9.01. The summed E-state index contributed by atoms with van der Waals surface area (Å²) in [6, 6.07) is 0. The summed E-state index contributed by atoms with van der Waals surface area (Å²) in [5, 5.41) is 12.4. The fraction of sp³-hybridized carbons (Fsp3) is 0.655. The Morgan fingerprint density at radius 2 is 1.36 bits per heavy atom. The highest BCUT2D eigenvalue weighted by atomic mass is 33.1. The lowest BCUT2D eigenvalue weighted by Gasteiger charge is -2.40. The van der Waals surface area contributed by atoms with E-state index in [0.29, 0.717) is 0 Å². The molecule has 1 atom stereocenters. The maximum Gasteiger partial charge on any atom is 0.107 e. The van der Waals surface area contributed by atoms with Crippen LogP contribution in [-0.4, -0.2) is 28.2 Å². The molecule has 0 aliphatic carbocycles. The van der Waals surface area contributed by atoms with Crippen molar-refractivity contribution in [1.29, 1.82) is 0 Å². The zero-order chi connectivity index (χ0) is 25.6. The van der Waals surface area contributed by atoms with Gasteiger partial charge in [0.1, 0.15) is 6.11 Å². The lowest BCUT2D eigenvalue weighted by molar-refractivity contribution is 0.272. The highest BCUT2D eigenvalue weighted by Gasteiger charge is 2.38. The molecule has 0 aromatic rings. The fourth-order valence-corrected chi connectivity index (χ4v) is 8.36. The molecule has 0 rings (SSSR count). The number of nitrogens with one attached hydrogen (secondary N) is 1. The fourth-order valence-electron chi connectivity index (χ4n) is 4.99. The first-order valence-electron chi connectivity index (χ1n) is 12.1. The first-order chi connectivity index (χ1) is 15.4. The van der Waals surface area contributed by atoms with Gasteiger partial charge in [-0.2, -0.15) is 0 Å². The Bertz CT molecular complexity index is 710. The standard InChI is InChI=1S/C29H49NOS2/c1-11-16-28(17-12-2,24-30-10)23-27(8,9)32-33-29(18-13-3,19-14-4)22-26(6,7)21-25(5)15-20-31/h11-14,16-19,25,30-31H,21-24H2,1-10H3. The second-order valence-corrected chi connectivity index (χ2v) is 13.7. The highest BCUT2D eigenvalue weighted by Crippen LogP contribution is 2.53. The van der Waals surface area contributed by atoms with E-state index in [-0.39, 0.29) is 26.2 Å². The summed E-state index contributed by atoms with van der Waals surface area (Å²) in [7, 11) is 6.00. The molecule has 2 nitrogen and oxygen atoms in total. The molecule has 33 heavy (non-hydrogen) atoms. The molecular weight excluding hydrogens is 442 g/mol. The van der Waals surface area contributed by atoms with Crippen LogP contribution in [0.1, 0.15) is 81.6 Å². The predicted molar refractivity (Wildman–Crippen MR) is 154 cm³/mol. The second kappa shape index (κ2) is 15.1. The summed E-state index contributed by atoms with van der Waals surface area (Å²) in [6.45, 7) is 20.8. The van der Waals surface area contributed by atoms with Crippen molar-refractivity contribution in [2.24, 2.45) is 16.7 Å². The lowest BCUT2D eigenvalue weighted by atomic mass is 9.76. The van der Waals surface area contributed by atoms with Gasteiger partial charge in [0, 0.05) is 22.6 Å². The minimum Gasteiger partial charge on any atom is -0.462 e. The van der Waals surface area contributed by atoms with Crippen LogP contribution in [0.4, 0.5) is 0 Å². The average Bonchev–Trinajstić information content (AvgIpc) is 2.66. The summed E-state index contributed by atoms with van der Waals surface area (Å²) >= 11 is 0. The van der Waals surface area contributed by atoms with Gasteiger partial charge in [-0.3, -0.25) is 0 Å². The van der Waals surface area contributed by atoms with E-state index in [1.165, 1.54) is 0 Å². The Labute approximate surface area is 213 Å². The van der Waals surface area contributed by atoms with Gasteiger partial charge in [-0.25, -0.2) is 0 Å². The molecule has 0 aromatic heterocycles. The largest absolute Gasteiger partial charge is 0.462 e. The predicted octanol–water partition coefficient (Wildman–Crippen LogP) is 8.56. The summed E-state index contributed by atoms with van der Waals surface area (Å²) in [6.07, 6.45) is 23.2. The zero-order valence-corrected chi connectivity index (χ0v) is 24.4. The van der Waals surface area contributed by atoms with Gasteiger partial charge < -0.3 is 10.4 Å². The molecule has 0 heterocycles. The maximum absolute atomic E-state index is 9.01. The van der Waals surface area contributed by atoms with Crippen molar-refractivity contribution in [1.82, 2.24) is 5.32 Å². The van der Waals surface area contributed by atoms with Crippen molar-refractivity contribution < 1.29 is 5.11 Å². The number of aliphatic hydroxyl groups excluding tert-OH is 1. The molecule has 0 radical (unpaired) electrons. The molecule has 2 N–H and O–H groups in total. The van der Waals surface area contributed by atoms with Crippen LogP contribution in [0.15, 0.2) is 48.6 Å². The van der Waals surface area contributed by atoms with Crippen LogP contribution in [0, 0.1) is 28.8 Å². The van der Waals surface area contributed by atoms with Gasteiger partial charge in [0.2, 0.25) is 0 Å². The van der Waals surface area contributed by atoms with E-state index in [4.69, 9.17) is 5.11 Å². The van der Waals surface area contributed by atoms with Gasteiger partial charge in [0.15, 0.2) is 0 Å². The molecule has 0 saturated heterocycles. The van der Waals surface area contributed by atoms with Crippen molar-refractivity contribution in [2.45, 2.75) is 91.1 Å². The summed E-state index contributed by atoms with van der Waals surface area (Å²) < 4.78 is -0.0388. The number of aliphatic hydroxyl groups is 1. The molecule has 0 aliphatic rings. The molecule has 0 saturated carbocycles. The second-order valence-electron chi connectivity index (χ2n) is 10.5. The first-order valence-corrected chi connectivity index (χ1v) is 14.2. The van der Waals surface area contributed by atoms with Crippen molar-refractivity contribution in [3.63, 3.8) is 0 Å². The Morgan fingerprint density at radius 1 is 0.848 bits per heavy atom. The van der Waals surface area contributed by atoms with Crippen LogP contribution >= 0.6 is 21.6 Å². The Kier molecular flexibility index (Phi) is 14.6. The van der Waals surface area contributed by atoms with E-state index >= 15 is 0 Å². The lowest BCUT2D eigenvalue weighted by Crippen LogP contribution is -2.36. The zero-order valence-electron chi connectivity index (χ0n) is 22.8. The summed E-state index contributed by atoms with van der Waals surface area (Å²) in [5.74, 6) is 3.07. The van der Waals surface area contributed by atoms with Crippen molar-refractivity contribution in [2.75, 3.05) is 13.6 Å². The van der Waals surface area contributed by atoms with Gasteiger partial charge in [0.25, 0.3) is 0 Å². The molecular formula is C29H49NOS2. The van der Waals surface area contributed by atoms with Gasteiger partial charge in [-0.15, -0.1) is 0 Å². The molecule has 0 spiro atoms. The van der Waals surface area contributed by atoms with Crippen LogP contribution in [0.2, 0.25) is 0 Å². The van der Waals surface area contributed by atoms with E-state index in [1.54, 1.807) is 0 Å². The number of rotatable bonds is 15. The normalized spacial score (nSPS) is 18.0. The molecule has 188 valence electrons. The molecule has 0 bridgehead atoms. The van der Waals surface area contributed by atoms with Crippen LogP contribution < -0.4 is 5.32 Å². The summed E-state index contributed by atoms with van der Waals surface area (Å²) in [5.41, 5.74) is 0.0720. The Balaban J connectivity index is 5.88. The van der Waals surface area contributed by atoms with Crippen LogP contribution in [0.5, 0.6) is 0 Å². The van der Waals surface area contributed by atoms with E-state index in [2.05, 4.69) is 128 Å². The molecule has 0 fully saturated rings.